The molecule has 2 rings (SSSR count). The molecule has 1 aromatic carbocycles. The summed E-state index contributed by atoms with van der Waals surface area (Å²) in [5, 5.41) is 7.73. The Bertz CT molecular complexity index is 577. The number of rotatable bonds is 3. The largest absolute Gasteiger partial charge is 0.435 e. The number of benzene rings is 1. The maximum atomic E-state index is 12.1. The van der Waals surface area contributed by atoms with Crippen LogP contribution in [0.1, 0.15) is 4.88 Å². The van der Waals surface area contributed by atoms with Crippen molar-refractivity contribution in [2.75, 3.05) is 0 Å². The second kappa shape index (κ2) is 4.67. The van der Waals surface area contributed by atoms with Gasteiger partial charge in [-0.1, -0.05) is 6.07 Å². The summed E-state index contributed by atoms with van der Waals surface area (Å²) in [4.78, 5) is 1.33. The van der Waals surface area contributed by atoms with E-state index in [1.807, 2.05) is 6.92 Å². The van der Waals surface area contributed by atoms with Crippen molar-refractivity contribution < 1.29 is 13.5 Å². The third kappa shape index (κ3) is 2.71. The van der Waals surface area contributed by atoms with Crippen molar-refractivity contribution in [3.8, 4) is 11.4 Å². The van der Waals surface area contributed by atoms with Crippen molar-refractivity contribution in [1.29, 1.82) is 5.41 Å². The van der Waals surface area contributed by atoms with Gasteiger partial charge in [-0.2, -0.15) is 8.78 Å². The highest BCUT2D eigenvalue weighted by Gasteiger charge is 2.06. The van der Waals surface area contributed by atoms with Crippen molar-refractivity contribution in [1.82, 2.24) is 4.57 Å². The average molecular weight is 256 g/mol. The van der Waals surface area contributed by atoms with Crippen LogP contribution in [0.3, 0.4) is 0 Å². The van der Waals surface area contributed by atoms with E-state index >= 15 is 0 Å². The van der Waals surface area contributed by atoms with Gasteiger partial charge in [0.15, 0.2) is 4.80 Å². The lowest BCUT2D eigenvalue weighted by Crippen LogP contribution is -2.10. The molecule has 0 saturated heterocycles. The third-order valence-electron chi connectivity index (χ3n) is 2.11. The molecule has 0 bridgehead atoms. The van der Waals surface area contributed by atoms with Crippen LogP contribution in [0, 0.1) is 12.3 Å². The van der Waals surface area contributed by atoms with Crippen molar-refractivity contribution in [3.63, 3.8) is 0 Å². The van der Waals surface area contributed by atoms with E-state index < -0.39 is 6.61 Å². The lowest BCUT2D eigenvalue weighted by molar-refractivity contribution is -0.0498. The van der Waals surface area contributed by atoms with Crippen LogP contribution >= 0.6 is 11.3 Å². The van der Waals surface area contributed by atoms with E-state index in [0.29, 0.717) is 10.5 Å². The van der Waals surface area contributed by atoms with E-state index in [0.717, 1.165) is 4.88 Å². The smallest absolute Gasteiger partial charge is 0.387 e. The first-order chi connectivity index (χ1) is 8.06. The quantitative estimate of drug-likeness (QED) is 0.900. The summed E-state index contributed by atoms with van der Waals surface area (Å²) in [6.07, 6.45) is 1.79. The molecule has 0 aliphatic heterocycles. The van der Waals surface area contributed by atoms with Crippen LogP contribution in [0.4, 0.5) is 8.78 Å². The molecule has 6 heteroatoms. The number of nitrogens with zero attached hydrogens (tertiary/aromatic N) is 1. The minimum Gasteiger partial charge on any atom is -0.435 e. The van der Waals surface area contributed by atoms with Crippen LogP contribution in [0.25, 0.3) is 5.69 Å². The first-order valence-corrected chi connectivity index (χ1v) is 5.67. The average Bonchev–Trinajstić information content (AvgIpc) is 2.57. The van der Waals surface area contributed by atoms with Crippen molar-refractivity contribution in [3.05, 3.63) is 40.1 Å². The SMILES string of the molecule is Cc1cn(-c2cccc(OC(F)F)c2)c(=N)s1. The monoisotopic (exact) mass is 256 g/mol. The molecule has 1 aromatic heterocycles. The summed E-state index contributed by atoms with van der Waals surface area (Å²) in [5.41, 5.74) is 0.637. The van der Waals surface area contributed by atoms with Gasteiger partial charge in [0, 0.05) is 17.1 Å². The molecular formula is C11H10F2N2OS. The van der Waals surface area contributed by atoms with Gasteiger partial charge in [0.05, 0.1) is 5.69 Å². The van der Waals surface area contributed by atoms with E-state index in [1.54, 1.807) is 22.9 Å². The molecule has 0 aliphatic rings. The Morgan fingerprint density at radius 2 is 2.18 bits per heavy atom. The number of hydrogen-bond donors (Lipinski definition) is 1. The number of alkyl halides is 2. The van der Waals surface area contributed by atoms with E-state index in [4.69, 9.17) is 5.41 Å². The van der Waals surface area contributed by atoms with Gasteiger partial charge in [-0.05, 0) is 19.1 Å². The Balaban J connectivity index is 2.39. The predicted molar refractivity (Wildman–Crippen MR) is 60.9 cm³/mol. The Labute approximate surface area is 100 Å². The van der Waals surface area contributed by atoms with Gasteiger partial charge in [0.25, 0.3) is 0 Å². The lowest BCUT2D eigenvalue weighted by Gasteiger charge is -2.07. The maximum absolute atomic E-state index is 12.1. The number of halogens is 2. The second-order valence-corrected chi connectivity index (χ2v) is 4.63. The molecular weight excluding hydrogens is 246 g/mol. The van der Waals surface area contributed by atoms with Gasteiger partial charge < -0.3 is 4.74 Å². The number of hydrogen-bond acceptors (Lipinski definition) is 3. The summed E-state index contributed by atoms with van der Waals surface area (Å²) >= 11 is 1.32. The number of nitrogens with one attached hydrogen (secondary N) is 1. The maximum Gasteiger partial charge on any atom is 0.387 e. The third-order valence-corrected chi connectivity index (χ3v) is 2.93. The number of ether oxygens (including phenoxy) is 1. The zero-order valence-corrected chi connectivity index (χ0v) is 9.80. The highest BCUT2D eigenvalue weighted by atomic mass is 32.1. The molecule has 0 radical (unpaired) electrons. The first kappa shape index (κ1) is 11.8. The second-order valence-electron chi connectivity index (χ2n) is 3.39. The highest BCUT2D eigenvalue weighted by molar-refractivity contribution is 7.09. The molecule has 17 heavy (non-hydrogen) atoms. The highest BCUT2D eigenvalue weighted by Crippen LogP contribution is 2.18. The van der Waals surface area contributed by atoms with E-state index in [1.165, 1.54) is 23.5 Å². The normalized spacial score (nSPS) is 10.8. The summed E-state index contributed by atoms with van der Waals surface area (Å²) in [6, 6.07) is 6.30. The van der Waals surface area contributed by atoms with Crippen LogP contribution < -0.4 is 9.54 Å². The van der Waals surface area contributed by atoms with Crippen LogP contribution in [0.15, 0.2) is 30.5 Å². The fourth-order valence-corrected chi connectivity index (χ4v) is 2.19. The zero-order chi connectivity index (χ0) is 12.4. The number of thiazole rings is 1. The van der Waals surface area contributed by atoms with Crippen molar-refractivity contribution in [2.45, 2.75) is 13.5 Å². The molecule has 0 amide bonds. The molecule has 2 aromatic rings. The van der Waals surface area contributed by atoms with Gasteiger partial charge in [-0.15, -0.1) is 11.3 Å². The molecule has 0 saturated carbocycles. The van der Waals surface area contributed by atoms with Gasteiger partial charge >= 0.3 is 6.61 Å². The fourth-order valence-electron chi connectivity index (χ4n) is 1.47. The number of aromatic nitrogens is 1. The minimum absolute atomic E-state index is 0.0910. The van der Waals surface area contributed by atoms with Crippen LogP contribution in [-0.2, 0) is 0 Å². The van der Waals surface area contributed by atoms with Gasteiger partial charge in [0.1, 0.15) is 5.75 Å². The fraction of sp³-hybridized carbons (Fsp3) is 0.182. The molecule has 0 aliphatic carbocycles. The van der Waals surface area contributed by atoms with Crippen molar-refractivity contribution in [2.24, 2.45) is 0 Å². The number of aryl methyl sites for hydroxylation is 1. The molecule has 0 fully saturated rings. The predicted octanol–water partition coefficient (Wildman–Crippen LogP) is 2.93. The molecule has 1 N–H and O–H groups in total. The molecule has 3 nitrogen and oxygen atoms in total. The molecule has 0 unspecified atom stereocenters. The topological polar surface area (TPSA) is 38.0 Å². The van der Waals surface area contributed by atoms with Gasteiger partial charge in [0.2, 0.25) is 0 Å². The Kier molecular flexibility index (Phi) is 3.23. The van der Waals surface area contributed by atoms with Gasteiger partial charge in [-0.25, -0.2) is 0 Å². The van der Waals surface area contributed by atoms with E-state index in [9.17, 15) is 8.78 Å². The van der Waals surface area contributed by atoms with Gasteiger partial charge in [-0.3, -0.25) is 9.98 Å². The van der Waals surface area contributed by atoms with E-state index in [2.05, 4.69) is 4.74 Å². The van der Waals surface area contributed by atoms with Crippen LogP contribution in [0.2, 0.25) is 0 Å². The first-order valence-electron chi connectivity index (χ1n) is 4.85. The van der Waals surface area contributed by atoms with Crippen molar-refractivity contribution >= 4 is 11.3 Å². The lowest BCUT2D eigenvalue weighted by atomic mass is 10.3. The molecule has 0 spiro atoms. The molecule has 1 heterocycles. The summed E-state index contributed by atoms with van der Waals surface area (Å²) in [7, 11) is 0. The van der Waals surface area contributed by atoms with Crippen LogP contribution in [-0.4, -0.2) is 11.2 Å². The summed E-state index contributed by atoms with van der Waals surface area (Å²) in [5.74, 6) is 0.0910. The molecule has 0 atom stereocenters. The summed E-state index contributed by atoms with van der Waals surface area (Å²) in [6.45, 7) is -0.950. The Hall–Kier alpha value is -1.69. The van der Waals surface area contributed by atoms with Crippen LogP contribution in [0.5, 0.6) is 5.75 Å². The molecule has 90 valence electrons. The summed E-state index contributed by atoms with van der Waals surface area (Å²) < 4.78 is 30.1. The minimum atomic E-state index is -2.84. The Morgan fingerprint density at radius 3 is 2.76 bits per heavy atom. The zero-order valence-electron chi connectivity index (χ0n) is 8.98. The standard InChI is InChI=1S/C11H10F2N2OS/c1-7-6-15(11(14)17-7)8-3-2-4-9(5-8)16-10(12)13/h2-6,10,14H,1H3. The van der Waals surface area contributed by atoms with E-state index in [-0.39, 0.29) is 5.75 Å². The Morgan fingerprint density at radius 1 is 1.41 bits per heavy atom.